The van der Waals surface area contributed by atoms with Gasteiger partial charge in [-0.2, -0.15) is 0 Å². The molecule has 0 radical (unpaired) electrons. The van der Waals surface area contributed by atoms with E-state index < -0.39 is 0 Å². The lowest BCUT2D eigenvalue weighted by Crippen LogP contribution is -2.64. The Balaban J connectivity index is 1.57. The SMILES string of the molecule is CN1CC(=O)N(c2cccc(F)c2)CC12CCN(C(=O)c1cccs1)C2. The largest absolute Gasteiger partial charge is 0.336 e. The number of benzene rings is 1. The smallest absolute Gasteiger partial charge is 0.263 e. The maximum Gasteiger partial charge on any atom is 0.263 e. The summed E-state index contributed by atoms with van der Waals surface area (Å²) < 4.78 is 13.6. The summed E-state index contributed by atoms with van der Waals surface area (Å²) in [5.41, 5.74) is 0.276. The van der Waals surface area contributed by atoms with Crippen LogP contribution in [0.4, 0.5) is 10.1 Å². The molecule has 2 aromatic rings. The molecular formula is C19H20FN3O2S. The van der Waals surface area contributed by atoms with Crippen molar-refractivity contribution < 1.29 is 14.0 Å². The molecule has 0 bridgehead atoms. The van der Waals surface area contributed by atoms with Crippen molar-refractivity contribution in [3.63, 3.8) is 0 Å². The minimum absolute atomic E-state index is 0.0412. The molecule has 2 saturated heterocycles. The summed E-state index contributed by atoms with van der Waals surface area (Å²) in [6.45, 7) is 1.95. The molecule has 3 heterocycles. The van der Waals surface area contributed by atoms with Crippen LogP contribution in [0.15, 0.2) is 41.8 Å². The van der Waals surface area contributed by atoms with E-state index in [1.54, 1.807) is 17.0 Å². The van der Waals surface area contributed by atoms with Crippen LogP contribution in [0.2, 0.25) is 0 Å². The number of likely N-dealkylation sites (tertiary alicyclic amines) is 1. The molecule has 1 atom stereocenters. The average Bonchev–Trinajstić information content (AvgIpc) is 3.29. The first kappa shape index (κ1) is 17.2. The monoisotopic (exact) mass is 373 g/mol. The minimum Gasteiger partial charge on any atom is -0.336 e. The number of anilines is 1. The molecular weight excluding hydrogens is 353 g/mol. The van der Waals surface area contributed by atoms with Crippen LogP contribution in [0.1, 0.15) is 16.1 Å². The third-order valence-electron chi connectivity index (χ3n) is 5.41. The van der Waals surface area contributed by atoms with Crippen LogP contribution in [0, 0.1) is 5.82 Å². The fraction of sp³-hybridized carbons (Fsp3) is 0.368. The number of thiophene rings is 1. The molecule has 1 spiro atoms. The third kappa shape index (κ3) is 2.91. The van der Waals surface area contributed by atoms with Crippen molar-refractivity contribution in [3.8, 4) is 0 Å². The summed E-state index contributed by atoms with van der Waals surface area (Å²) in [5.74, 6) is -0.365. The number of rotatable bonds is 2. The zero-order valence-corrected chi connectivity index (χ0v) is 15.3. The van der Waals surface area contributed by atoms with Crippen LogP contribution in [-0.2, 0) is 4.79 Å². The first-order chi connectivity index (χ1) is 12.5. The normalized spacial score (nSPS) is 23.8. The number of carbonyl (C=O) groups excluding carboxylic acids is 2. The van der Waals surface area contributed by atoms with E-state index in [-0.39, 0.29) is 29.7 Å². The van der Waals surface area contributed by atoms with Gasteiger partial charge >= 0.3 is 0 Å². The van der Waals surface area contributed by atoms with Gasteiger partial charge in [0.25, 0.3) is 5.91 Å². The van der Waals surface area contributed by atoms with Crippen LogP contribution >= 0.6 is 11.3 Å². The minimum atomic E-state index is -0.357. The second-order valence-corrected chi connectivity index (χ2v) is 7.94. The molecule has 0 aliphatic carbocycles. The first-order valence-electron chi connectivity index (χ1n) is 8.58. The van der Waals surface area contributed by atoms with Crippen molar-refractivity contribution >= 4 is 28.8 Å². The fourth-order valence-corrected chi connectivity index (χ4v) is 4.56. The number of likely N-dealkylation sites (N-methyl/N-ethyl adjacent to an activating group) is 1. The van der Waals surface area contributed by atoms with Gasteiger partial charge in [0, 0.05) is 25.3 Å². The Morgan fingerprint density at radius 2 is 2.08 bits per heavy atom. The van der Waals surface area contributed by atoms with Crippen molar-refractivity contribution in [3.05, 3.63) is 52.5 Å². The highest BCUT2D eigenvalue weighted by Crippen LogP contribution is 2.34. The Morgan fingerprint density at radius 1 is 1.23 bits per heavy atom. The van der Waals surface area contributed by atoms with Gasteiger partial charge < -0.3 is 9.80 Å². The van der Waals surface area contributed by atoms with Crippen molar-refractivity contribution in [1.82, 2.24) is 9.80 Å². The highest BCUT2D eigenvalue weighted by molar-refractivity contribution is 7.12. The topological polar surface area (TPSA) is 43.9 Å². The van der Waals surface area contributed by atoms with Crippen LogP contribution in [0.3, 0.4) is 0 Å². The summed E-state index contributed by atoms with van der Waals surface area (Å²) in [4.78, 5) is 31.5. The van der Waals surface area contributed by atoms with Crippen molar-refractivity contribution in [2.45, 2.75) is 12.0 Å². The number of hydrogen-bond acceptors (Lipinski definition) is 4. The molecule has 1 aromatic heterocycles. The van der Waals surface area contributed by atoms with Crippen LogP contribution in [-0.4, -0.2) is 60.4 Å². The number of halogens is 1. The number of piperazine rings is 1. The lowest BCUT2D eigenvalue weighted by molar-refractivity contribution is -0.123. The lowest BCUT2D eigenvalue weighted by atomic mass is 9.92. The second kappa shape index (κ2) is 6.48. The van der Waals surface area contributed by atoms with Crippen molar-refractivity contribution in [2.75, 3.05) is 38.1 Å². The van der Waals surface area contributed by atoms with E-state index in [1.165, 1.54) is 23.5 Å². The molecule has 2 aliphatic rings. The van der Waals surface area contributed by atoms with Crippen LogP contribution < -0.4 is 4.90 Å². The number of hydrogen-bond donors (Lipinski definition) is 0. The maximum absolute atomic E-state index is 13.6. The predicted octanol–water partition coefficient (Wildman–Crippen LogP) is 2.45. The Kier molecular flexibility index (Phi) is 4.28. The summed E-state index contributed by atoms with van der Waals surface area (Å²) in [6.07, 6.45) is 0.791. The van der Waals surface area contributed by atoms with E-state index in [9.17, 15) is 14.0 Å². The Bertz CT molecular complexity index is 841. The highest BCUT2D eigenvalue weighted by atomic mass is 32.1. The third-order valence-corrected chi connectivity index (χ3v) is 6.26. The van der Waals surface area contributed by atoms with Gasteiger partial charge in [0.15, 0.2) is 0 Å². The fourth-order valence-electron chi connectivity index (χ4n) is 3.86. The van der Waals surface area contributed by atoms with Gasteiger partial charge in [-0.3, -0.25) is 14.5 Å². The maximum atomic E-state index is 13.6. The van der Waals surface area contributed by atoms with Gasteiger partial charge in [-0.1, -0.05) is 12.1 Å². The molecule has 0 saturated carbocycles. The van der Waals surface area contributed by atoms with Crippen LogP contribution in [0.25, 0.3) is 0 Å². The summed E-state index contributed by atoms with van der Waals surface area (Å²) in [6, 6.07) is 9.84. The zero-order valence-electron chi connectivity index (χ0n) is 14.5. The molecule has 1 aromatic carbocycles. The number of carbonyl (C=O) groups is 2. The van der Waals surface area contributed by atoms with Gasteiger partial charge in [0.05, 0.1) is 17.0 Å². The molecule has 5 nitrogen and oxygen atoms in total. The van der Waals surface area contributed by atoms with Gasteiger partial charge in [-0.25, -0.2) is 4.39 Å². The van der Waals surface area contributed by atoms with Gasteiger partial charge in [-0.15, -0.1) is 11.3 Å². The standard InChI is InChI=1S/C19H20FN3O2S/c1-21-11-17(24)23(15-5-2-4-14(20)10-15)13-19(21)7-8-22(12-19)18(25)16-6-3-9-26-16/h2-6,9-10H,7-8,11-13H2,1H3. The molecule has 2 amide bonds. The molecule has 26 heavy (non-hydrogen) atoms. The molecule has 4 rings (SSSR count). The van der Waals surface area contributed by atoms with Gasteiger partial charge in [0.2, 0.25) is 5.91 Å². The summed E-state index contributed by atoms with van der Waals surface area (Å²) in [5, 5.41) is 1.90. The summed E-state index contributed by atoms with van der Waals surface area (Å²) in [7, 11) is 1.93. The molecule has 0 N–H and O–H groups in total. The molecule has 7 heteroatoms. The first-order valence-corrected chi connectivity index (χ1v) is 9.46. The zero-order chi connectivity index (χ0) is 18.3. The quantitative estimate of drug-likeness (QED) is 0.812. The van der Waals surface area contributed by atoms with E-state index in [4.69, 9.17) is 0 Å². The number of amides is 2. The molecule has 136 valence electrons. The van der Waals surface area contributed by atoms with Gasteiger partial charge in [0.1, 0.15) is 5.82 Å². The van der Waals surface area contributed by atoms with E-state index in [1.807, 2.05) is 34.4 Å². The van der Waals surface area contributed by atoms with E-state index in [0.717, 1.165) is 11.3 Å². The number of nitrogens with zero attached hydrogens (tertiary/aromatic N) is 3. The van der Waals surface area contributed by atoms with Gasteiger partial charge in [-0.05, 0) is 43.1 Å². The molecule has 1 unspecified atom stereocenters. The molecule has 2 aliphatic heterocycles. The Morgan fingerprint density at radius 3 is 2.81 bits per heavy atom. The average molecular weight is 373 g/mol. The molecule has 2 fully saturated rings. The highest BCUT2D eigenvalue weighted by Gasteiger charge is 2.48. The van der Waals surface area contributed by atoms with E-state index in [0.29, 0.717) is 25.3 Å². The Labute approximate surface area is 155 Å². The predicted molar refractivity (Wildman–Crippen MR) is 99.0 cm³/mol. The van der Waals surface area contributed by atoms with Crippen molar-refractivity contribution in [2.24, 2.45) is 0 Å². The lowest BCUT2D eigenvalue weighted by Gasteiger charge is -2.46. The Hall–Kier alpha value is -2.25. The van der Waals surface area contributed by atoms with E-state index in [2.05, 4.69) is 0 Å². The van der Waals surface area contributed by atoms with E-state index >= 15 is 0 Å². The second-order valence-electron chi connectivity index (χ2n) is 6.99. The summed E-state index contributed by atoms with van der Waals surface area (Å²) >= 11 is 1.44. The van der Waals surface area contributed by atoms with Crippen molar-refractivity contribution in [1.29, 1.82) is 0 Å². The van der Waals surface area contributed by atoms with Crippen LogP contribution in [0.5, 0.6) is 0 Å².